The zero-order valence-corrected chi connectivity index (χ0v) is 19.7. The molecular weight excluding hydrogens is 482 g/mol. The first kappa shape index (κ1) is 19.4. The highest BCUT2D eigenvalue weighted by Crippen LogP contribution is 2.38. The Kier molecular flexibility index (Phi) is 4.29. The average Bonchev–Trinajstić information content (AvgIpc) is 3.23. The number of halogens is 1. The maximum Gasteiger partial charge on any atom is 0.165 e. The monoisotopic (exact) mass is 499 g/mol. The molecular formula is C30H18BrN3. The van der Waals surface area contributed by atoms with E-state index in [9.17, 15) is 0 Å². The van der Waals surface area contributed by atoms with Crippen molar-refractivity contribution in [1.29, 1.82) is 0 Å². The first-order valence-electron chi connectivity index (χ1n) is 11.2. The van der Waals surface area contributed by atoms with E-state index < -0.39 is 0 Å². The lowest BCUT2D eigenvalue weighted by Crippen LogP contribution is -2.04. The van der Waals surface area contributed by atoms with Gasteiger partial charge >= 0.3 is 0 Å². The van der Waals surface area contributed by atoms with Crippen LogP contribution < -0.4 is 0 Å². The van der Waals surface area contributed by atoms with Crippen molar-refractivity contribution in [3.63, 3.8) is 0 Å². The fraction of sp³-hybridized carbons (Fsp3) is 0. The number of fused-ring (bicyclic) bond motifs is 5. The van der Waals surface area contributed by atoms with Crippen LogP contribution in [0.3, 0.4) is 0 Å². The van der Waals surface area contributed by atoms with Gasteiger partial charge in [0, 0.05) is 20.8 Å². The SMILES string of the molecule is Brc1ccc(-c2nc3ccccc3nc2-n2c3ccccc3c3ccccc32)c2ccccc12. The average molecular weight is 500 g/mol. The second-order valence-corrected chi connectivity index (χ2v) is 9.25. The van der Waals surface area contributed by atoms with E-state index in [2.05, 4.69) is 105 Å². The van der Waals surface area contributed by atoms with Gasteiger partial charge in [0.1, 0.15) is 5.69 Å². The highest BCUT2D eigenvalue weighted by molar-refractivity contribution is 9.10. The first-order valence-corrected chi connectivity index (χ1v) is 12.0. The number of benzene rings is 5. The molecule has 5 aromatic carbocycles. The number of nitrogens with zero attached hydrogens (tertiary/aromatic N) is 3. The van der Waals surface area contributed by atoms with Gasteiger partial charge in [-0.05, 0) is 41.1 Å². The minimum absolute atomic E-state index is 0.837. The summed E-state index contributed by atoms with van der Waals surface area (Å²) in [7, 11) is 0. The number of para-hydroxylation sites is 4. The Morgan fingerprint density at radius 1 is 0.500 bits per heavy atom. The van der Waals surface area contributed by atoms with Crippen molar-refractivity contribution in [2.75, 3.05) is 0 Å². The van der Waals surface area contributed by atoms with Gasteiger partial charge in [-0.25, -0.2) is 9.97 Å². The van der Waals surface area contributed by atoms with Gasteiger partial charge in [0.25, 0.3) is 0 Å². The third-order valence-corrected chi connectivity index (χ3v) is 7.16. The zero-order valence-electron chi connectivity index (χ0n) is 18.1. The van der Waals surface area contributed by atoms with Gasteiger partial charge in [-0.15, -0.1) is 0 Å². The second-order valence-electron chi connectivity index (χ2n) is 8.39. The first-order chi connectivity index (χ1) is 16.8. The Bertz CT molecular complexity index is 1830. The maximum absolute atomic E-state index is 5.21. The molecule has 7 aromatic rings. The van der Waals surface area contributed by atoms with Crippen molar-refractivity contribution in [3.05, 3.63) is 114 Å². The summed E-state index contributed by atoms with van der Waals surface area (Å²) in [5.41, 5.74) is 5.94. The smallest absolute Gasteiger partial charge is 0.165 e. The summed E-state index contributed by atoms with van der Waals surface area (Å²) in [6.07, 6.45) is 0. The van der Waals surface area contributed by atoms with Crippen LogP contribution in [0.4, 0.5) is 0 Å². The van der Waals surface area contributed by atoms with Crippen LogP contribution in [0.2, 0.25) is 0 Å². The molecule has 3 nitrogen and oxygen atoms in total. The van der Waals surface area contributed by atoms with Crippen LogP contribution in [0, 0.1) is 0 Å². The summed E-state index contributed by atoms with van der Waals surface area (Å²) in [5.74, 6) is 0.837. The summed E-state index contributed by atoms with van der Waals surface area (Å²) in [6, 6.07) is 37.8. The predicted octanol–water partition coefficient (Wildman–Crippen LogP) is 8.31. The molecule has 2 heterocycles. The van der Waals surface area contributed by atoms with Crippen LogP contribution in [0.1, 0.15) is 0 Å². The standard InChI is InChI=1S/C30H18BrN3/c31-24-18-17-23(19-9-1-2-10-20(19)24)29-30(33-26-14-6-5-13-25(26)32-29)34-27-15-7-3-11-21(27)22-12-4-8-16-28(22)34/h1-18H. The molecule has 0 unspecified atom stereocenters. The highest BCUT2D eigenvalue weighted by Gasteiger charge is 2.20. The van der Waals surface area contributed by atoms with Crippen LogP contribution in [0.5, 0.6) is 0 Å². The van der Waals surface area contributed by atoms with Gasteiger partial charge in [0.2, 0.25) is 0 Å². The molecule has 0 fully saturated rings. The molecule has 0 aliphatic carbocycles. The minimum atomic E-state index is 0.837. The highest BCUT2D eigenvalue weighted by atomic mass is 79.9. The zero-order chi connectivity index (χ0) is 22.6. The number of hydrogen-bond acceptors (Lipinski definition) is 2. The molecule has 0 aliphatic rings. The molecule has 2 aromatic heterocycles. The topological polar surface area (TPSA) is 30.7 Å². The molecule has 0 N–H and O–H groups in total. The van der Waals surface area contributed by atoms with Gasteiger partial charge in [-0.1, -0.05) is 94.8 Å². The quantitative estimate of drug-likeness (QED) is 0.239. The van der Waals surface area contributed by atoms with Crippen molar-refractivity contribution in [2.24, 2.45) is 0 Å². The van der Waals surface area contributed by atoms with Crippen molar-refractivity contribution < 1.29 is 0 Å². The van der Waals surface area contributed by atoms with Crippen LogP contribution in [-0.2, 0) is 0 Å². The van der Waals surface area contributed by atoms with Crippen LogP contribution in [0.25, 0.3) is 60.7 Å². The van der Waals surface area contributed by atoms with Gasteiger partial charge in [-0.3, -0.25) is 4.57 Å². The number of aromatic nitrogens is 3. The molecule has 0 atom stereocenters. The van der Waals surface area contributed by atoms with Gasteiger partial charge in [-0.2, -0.15) is 0 Å². The Hall–Kier alpha value is -4.02. The lowest BCUT2D eigenvalue weighted by molar-refractivity contribution is 1.08. The fourth-order valence-corrected chi connectivity index (χ4v) is 5.42. The van der Waals surface area contributed by atoms with E-state index in [0.29, 0.717) is 0 Å². The molecule has 0 saturated carbocycles. The Balaban J connectivity index is 1.68. The van der Waals surface area contributed by atoms with Gasteiger partial charge in [0.15, 0.2) is 5.82 Å². The molecule has 0 amide bonds. The summed E-state index contributed by atoms with van der Waals surface area (Å²) >= 11 is 3.72. The van der Waals surface area contributed by atoms with Gasteiger partial charge in [0.05, 0.1) is 22.1 Å². The summed E-state index contributed by atoms with van der Waals surface area (Å²) in [5, 5.41) is 4.71. The van der Waals surface area contributed by atoms with Crippen molar-refractivity contribution >= 4 is 59.5 Å². The maximum atomic E-state index is 5.21. The van der Waals surface area contributed by atoms with Crippen LogP contribution >= 0.6 is 15.9 Å². The Morgan fingerprint density at radius 3 is 1.71 bits per heavy atom. The third kappa shape index (κ3) is 2.82. The Morgan fingerprint density at radius 2 is 1.03 bits per heavy atom. The summed E-state index contributed by atoms with van der Waals surface area (Å²) < 4.78 is 3.33. The van der Waals surface area contributed by atoms with Crippen LogP contribution in [-0.4, -0.2) is 14.5 Å². The molecule has 0 bridgehead atoms. The molecule has 0 aliphatic heterocycles. The van der Waals surface area contributed by atoms with E-state index in [-0.39, 0.29) is 0 Å². The third-order valence-electron chi connectivity index (χ3n) is 6.47. The molecule has 4 heteroatoms. The van der Waals surface area contributed by atoms with E-state index in [1.165, 1.54) is 10.8 Å². The molecule has 7 rings (SSSR count). The largest absolute Gasteiger partial charge is 0.292 e. The van der Waals surface area contributed by atoms with Crippen molar-refractivity contribution in [2.45, 2.75) is 0 Å². The fourth-order valence-electron chi connectivity index (χ4n) is 4.95. The lowest BCUT2D eigenvalue weighted by Gasteiger charge is -2.15. The summed E-state index contributed by atoms with van der Waals surface area (Å²) in [6.45, 7) is 0. The second kappa shape index (κ2) is 7.51. The van der Waals surface area contributed by atoms with E-state index in [1.54, 1.807) is 0 Å². The molecule has 0 spiro atoms. The molecule has 34 heavy (non-hydrogen) atoms. The van der Waals surface area contributed by atoms with Crippen molar-refractivity contribution in [3.8, 4) is 17.1 Å². The van der Waals surface area contributed by atoms with E-state index in [0.717, 1.165) is 54.4 Å². The number of hydrogen-bond donors (Lipinski definition) is 0. The van der Waals surface area contributed by atoms with E-state index in [1.807, 2.05) is 24.3 Å². The molecule has 0 radical (unpaired) electrons. The number of rotatable bonds is 2. The minimum Gasteiger partial charge on any atom is -0.292 e. The lowest BCUT2D eigenvalue weighted by atomic mass is 10.0. The van der Waals surface area contributed by atoms with E-state index >= 15 is 0 Å². The normalized spacial score (nSPS) is 11.7. The predicted molar refractivity (Wildman–Crippen MR) is 145 cm³/mol. The molecule has 160 valence electrons. The van der Waals surface area contributed by atoms with E-state index in [4.69, 9.17) is 9.97 Å². The Labute approximate surface area is 204 Å². The van der Waals surface area contributed by atoms with Gasteiger partial charge < -0.3 is 0 Å². The summed E-state index contributed by atoms with van der Waals surface area (Å²) in [4.78, 5) is 10.4. The van der Waals surface area contributed by atoms with Crippen molar-refractivity contribution in [1.82, 2.24) is 14.5 Å². The van der Waals surface area contributed by atoms with Crippen LogP contribution in [0.15, 0.2) is 114 Å². The molecule has 0 saturated heterocycles.